The van der Waals surface area contributed by atoms with Gasteiger partial charge in [0.2, 0.25) is 5.84 Å². The summed E-state index contributed by atoms with van der Waals surface area (Å²) in [6.45, 7) is 3.99. The Morgan fingerprint density at radius 1 is 0.771 bits per heavy atom. The Hall–Kier alpha value is -1.20. The second-order valence-electron chi connectivity index (χ2n) is 10.9. The summed E-state index contributed by atoms with van der Waals surface area (Å²) in [4.78, 5) is 15.6. The van der Waals surface area contributed by atoms with Gasteiger partial charge in [0.25, 0.3) is 0 Å². The molecule has 1 aliphatic rings. The van der Waals surface area contributed by atoms with E-state index in [1.165, 1.54) is 128 Å². The van der Waals surface area contributed by atoms with Crippen LogP contribution in [0.1, 0.15) is 155 Å². The van der Waals surface area contributed by atoms with Crippen molar-refractivity contribution in [2.24, 2.45) is 10.7 Å². The van der Waals surface area contributed by atoms with Crippen molar-refractivity contribution in [1.82, 2.24) is 0 Å². The van der Waals surface area contributed by atoms with Gasteiger partial charge in [-0.1, -0.05) is 135 Å². The predicted octanol–water partition coefficient (Wildman–Crippen LogP) is 7.34. The number of hydrogen-bond acceptors (Lipinski definition) is 4. The van der Waals surface area contributed by atoms with E-state index in [-0.39, 0.29) is 17.2 Å². The van der Waals surface area contributed by atoms with E-state index < -0.39 is 5.97 Å². The van der Waals surface area contributed by atoms with Crippen LogP contribution >= 0.6 is 0 Å². The summed E-state index contributed by atoms with van der Waals surface area (Å²) in [6.07, 6.45) is 32.8. The number of unbranched alkanes of at least 4 members (excludes halogenated alkanes) is 20. The van der Waals surface area contributed by atoms with Crippen molar-refractivity contribution in [2.75, 3.05) is 6.54 Å². The molecule has 0 aromatic rings. The number of amidine groups is 1. The number of carbonyl (C=O) groups excluding carboxylic acids is 1. The number of carboxylic acid groups (broad SMARTS) is 1. The van der Waals surface area contributed by atoms with Gasteiger partial charge in [-0.05, 0) is 6.42 Å². The number of nitrogens with two attached hydrogens (primary N) is 1. The fourth-order valence-electron chi connectivity index (χ4n) is 5.29. The molecule has 0 saturated carbocycles. The molecule has 0 spiro atoms. The first kappa shape index (κ1) is 31.8. The topological polar surface area (TPSA) is 78.5 Å². The lowest BCUT2D eigenvalue weighted by molar-refractivity contribution is -0.808. The number of carbonyl (C=O) groups is 1. The molecule has 204 valence electrons. The molecule has 2 N–H and O–H groups in total. The van der Waals surface area contributed by atoms with Gasteiger partial charge in [-0.15, -0.1) is 0 Å². The smallest absolute Gasteiger partial charge is 0.209 e. The summed E-state index contributed by atoms with van der Waals surface area (Å²) in [5.74, 6) is -0.220. The van der Waals surface area contributed by atoms with E-state index in [2.05, 4.69) is 11.9 Å². The molecule has 0 radical (unpaired) electrons. The number of aliphatic carboxylic acids is 1. The van der Waals surface area contributed by atoms with Crippen molar-refractivity contribution in [3.8, 4) is 0 Å². The summed E-state index contributed by atoms with van der Waals surface area (Å²) in [7, 11) is 0. The van der Waals surface area contributed by atoms with Crippen molar-refractivity contribution in [3.05, 3.63) is 12.4 Å². The highest BCUT2D eigenvalue weighted by Crippen LogP contribution is 2.23. The Kier molecular flexibility index (Phi) is 19.0. The first-order chi connectivity index (χ1) is 17.0. The van der Waals surface area contributed by atoms with Crippen LogP contribution in [0, 0.1) is 0 Å². The molecule has 0 amide bonds. The Bertz CT molecular complexity index is 588. The minimum absolute atomic E-state index is 0.113. The normalized spacial score (nSPS) is 18.2. The van der Waals surface area contributed by atoms with Crippen molar-refractivity contribution >= 4 is 11.8 Å². The molecular formula is C30H57N3O2. The molecular weight excluding hydrogens is 434 g/mol. The molecule has 2 atom stereocenters. The van der Waals surface area contributed by atoms with Gasteiger partial charge < -0.3 is 9.90 Å². The summed E-state index contributed by atoms with van der Waals surface area (Å²) in [5, 5.41) is 11.2. The van der Waals surface area contributed by atoms with Crippen LogP contribution in [0.2, 0.25) is 0 Å². The molecule has 5 nitrogen and oxygen atoms in total. The lowest BCUT2D eigenvalue weighted by Crippen LogP contribution is -2.60. The molecule has 1 heterocycles. The highest BCUT2D eigenvalue weighted by Gasteiger charge is 2.38. The molecule has 0 aliphatic carbocycles. The number of quaternary nitrogens is 1. The van der Waals surface area contributed by atoms with Crippen LogP contribution in [0.4, 0.5) is 0 Å². The van der Waals surface area contributed by atoms with Gasteiger partial charge >= 0.3 is 0 Å². The standard InChI is InChI=1S/C30H57N3O2/c1-3-4-5-6-7-8-9-10-11-12-13-14-15-16-17-18-19-20-21-22-23-24-29-32-25-26-33(29,28(2)31)27-30(34)35/h25-26,28H,3-24,27,31H2,1-2H3. The molecule has 35 heavy (non-hydrogen) atoms. The minimum atomic E-state index is -1.08. The van der Waals surface area contributed by atoms with Crippen LogP contribution in [0.25, 0.3) is 0 Å². The van der Waals surface area contributed by atoms with Crippen LogP contribution in [0.15, 0.2) is 17.4 Å². The van der Waals surface area contributed by atoms with Crippen LogP contribution in [0.3, 0.4) is 0 Å². The third kappa shape index (κ3) is 14.8. The molecule has 2 unspecified atom stereocenters. The number of aliphatic imine (C=N–C) groups is 1. The second-order valence-corrected chi connectivity index (χ2v) is 10.9. The van der Waals surface area contributed by atoms with E-state index in [9.17, 15) is 9.90 Å². The highest BCUT2D eigenvalue weighted by atomic mass is 16.4. The summed E-state index contributed by atoms with van der Waals surface area (Å²) >= 11 is 0. The third-order valence-electron chi connectivity index (χ3n) is 7.66. The Morgan fingerprint density at radius 2 is 1.14 bits per heavy atom. The van der Waals surface area contributed by atoms with Gasteiger partial charge in [0, 0.05) is 13.3 Å². The maximum Gasteiger partial charge on any atom is 0.209 e. The van der Waals surface area contributed by atoms with E-state index in [0.717, 1.165) is 18.7 Å². The van der Waals surface area contributed by atoms with Crippen LogP contribution < -0.4 is 10.8 Å². The molecule has 0 fully saturated rings. The first-order valence-corrected chi connectivity index (χ1v) is 15.1. The molecule has 1 aliphatic heterocycles. The summed E-state index contributed by atoms with van der Waals surface area (Å²) < 4.78 is 0.113. The quantitative estimate of drug-likeness (QED) is 0.107. The van der Waals surface area contributed by atoms with Crippen LogP contribution in [0.5, 0.6) is 0 Å². The Balaban J connectivity index is 1.86. The molecule has 5 heteroatoms. The van der Waals surface area contributed by atoms with Crippen molar-refractivity contribution in [3.63, 3.8) is 0 Å². The molecule has 0 bridgehead atoms. The zero-order chi connectivity index (χ0) is 25.6. The Labute approximate surface area is 217 Å². The van der Waals surface area contributed by atoms with E-state index in [4.69, 9.17) is 5.73 Å². The summed E-state index contributed by atoms with van der Waals surface area (Å²) in [6, 6.07) is 0. The Morgan fingerprint density at radius 3 is 1.49 bits per heavy atom. The lowest BCUT2D eigenvalue weighted by Gasteiger charge is -2.36. The maximum absolute atomic E-state index is 11.2. The van der Waals surface area contributed by atoms with Crippen molar-refractivity contribution in [1.29, 1.82) is 0 Å². The zero-order valence-corrected chi connectivity index (χ0v) is 23.3. The minimum Gasteiger partial charge on any atom is -0.544 e. The second kappa shape index (κ2) is 20.9. The van der Waals surface area contributed by atoms with Crippen molar-refractivity contribution in [2.45, 2.75) is 161 Å². The van der Waals surface area contributed by atoms with Gasteiger partial charge in [0.05, 0.1) is 12.2 Å². The average molecular weight is 492 g/mol. The highest BCUT2D eigenvalue weighted by molar-refractivity contribution is 5.81. The van der Waals surface area contributed by atoms with E-state index in [0.29, 0.717) is 0 Å². The molecule has 0 aromatic heterocycles. The number of nitrogens with zero attached hydrogens (tertiary/aromatic N) is 2. The fraction of sp³-hybridized carbons (Fsp3) is 0.867. The zero-order valence-electron chi connectivity index (χ0n) is 23.3. The number of rotatable bonds is 25. The van der Waals surface area contributed by atoms with Crippen LogP contribution in [-0.4, -0.2) is 29.0 Å². The average Bonchev–Trinajstić information content (AvgIpc) is 3.23. The fourth-order valence-corrected chi connectivity index (χ4v) is 5.29. The molecule has 0 aromatic carbocycles. The maximum atomic E-state index is 11.2. The number of carboxylic acids is 1. The van der Waals surface area contributed by atoms with Crippen molar-refractivity contribution < 1.29 is 14.4 Å². The first-order valence-electron chi connectivity index (χ1n) is 15.1. The van der Waals surface area contributed by atoms with E-state index >= 15 is 0 Å². The summed E-state index contributed by atoms with van der Waals surface area (Å²) in [5.41, 5.74) is 6.10. The SMILES string of the molecule is CCCCCCCCCCCCCCCCCCCCCCCC1=NC=C[N+]1(CC(=O)[O-])C(C)N. The number of hydrogen-bond donors (Lipinski definition) is 1. The van der Waals surface area contributed by atoms with Crippen LogP contribution in [-0.2, 0) is 4.79 Å². The monoisotopic (exact) mass is 491 g/mol. The van der Waals surface area contributed by atoms with Gasteiger partial charge in [0.15, 0.2) is 0 Å². The van der Waals surface area contributed by atoms with Gasteiger partial charge in [-0.3, -0.25) is 5.73 Å². The molecule has 1 rings (SSSR count). The van der Waals surface area contributed by atoms with Gasteiger partial charge in [-0.2, -0.15) is 0 Å². The van der Waals surface area contributed by atoms with E-state index in [1.807, 2.05) is 6.92 Å². The van der Waals surface area contributed by atoms with E-state index in [1.54, 1.807) is 12.4 Å². The largest absolute Gasteiger partial charge is 0.544 e. The predicted molar refractivity (Wildman–Crippen MR) is 148 cm³/mol. The van der Waals surface area contributed by atoms with Gasteiger partial charge in [-0.25, -0.2) is 9.48 Å². The van der Waals surface area contributed by atoms with Gasteiger partial charge in [0.1, 0.15) is 18.9 Å². The lowest BCUT2D eigenvalue weighted by atomic mass is 10.0. The third-order valence-corrected chi connectivity index (χ3v) is 7.66. The molecule has 0 saturated heterocycles.